The quantitative estimate of drug-likeness (QED) is 0.219. The Morgan fingerprint density at radius 1 is 0.306 bits per heavy atom. The van der Waals surface area contributed by atoms with Crippen molar-refractivity contribution < 1.29 is 0 Å². The molecule has 0 aliphatic carbocycles. The maximum atomic E-state index is 2.35. The molecule has 0 saturated carbocycles. The lowest BCUT2D eigenvalue weighted by atomic mass is 9.78. The van der Waals surface area contributed by atoms with Crippen molar-refractivity contribution >= 4 is 0 Å². The number of hydrogen-bond acceptors (Lipinski definition) is 0. The van der Waals surface area contributed by atoms with Gasteiger partial charge in [-0.3, -0.25) is 0 Å². The molecule has 0 radical (unpaired) electrons. The summed E-state index contributed by atoms with van der Waals surface area (Å²) in [5.41, 5.74) is 13.4. The van der Waals surface area contributed by atoms with Crippen LogP contribution >= 0.6 is 0 Å². The molecule has 5 rings (SSSR count). The van der Waals surface area contributed by atoms with E-state index in [-0.39, 0.29) is 11.8 Å². The van der Waals surface area contributed by atoms with Crippen LogP contribution in [0.2, 0.25) is 0 Å². The molecule has 0 heteroatoms. The van der Waals surface area contributed by atoms with Gasteiger partial charge in [-0.25, -0.2) is 0 Å². The highest BCUT2D eigenvalue weighted by molar-refractivity contribution is 5.52. The monoisotopic (exact) mass is 466 g/mol. The van der Waals surface area contributed by atoms with Gasteiger partial charge < -0.3 is 0 Å². The Morgan fingerprint density at radius 2 is 0.528 bits per heavy atom. The third kappa shape index (κ3) is 4.64. The summed E-state index contributed by atoms with van der Waals surface area (Å²) in [7, 11) is 0. The topological polar surface area (TPSA) is 0 Å². The van der Waals surface area contributed by atoms with Crippen LogP contribution in [-0.2, 0) is 0 Å². The van der Waals surface area contributed by atoms with E-state index < -0.39 is 0 Å². The largest absolute Gasteiger partial charge is 0.0620 e. The molecular formula is C36H34. The lowest BCUT2D eigenvalue weighted by Gasteiger charge is -2.25. The molecule has 0 bridgehead atoms. The SMILES string of the molecule is Cc1ccccc1C(c1ccc(C(c2ccccc2C)c2ccccc2C)cc1)c1ccccc1C. The van der Waals surface area contributed by atoms with Crippen molar-refractivity contribution in [1.82, 2.24) is 0 Å². The normalized spacial score (nSPS) is 11.3. The van der Waals surface area contributed by atoms with Crippen LogP contribution in [0.4, 0.5) is 0 Å². The second kappa shape index (κ2) is 10.4. The highest BCUT2D eigenvalue weighted by Crippen LogP contribution is 2.39. The highest BCUT2D eigenvalue weighted by atomic mass is 14.3. The van der Waals surface area contributed by atoms with Crippen molar-refractivity contribution in [2.24, 2.45) is 0 Å². The molecule has 178 valence electrons. The summed E-state index contributed by atoms with van der Waals surface area (Å²) in [6, 6.07) is 44.6. The highest BCUT2D eigenvalue weighted by Gasteiger charge is 2.23. The standard InChI is InChI=1S/C36H34/c1-25-13-5-9-17-31(25)35(32-18-10-6-14-26(32)2)29-21-23-30(24-22-29)36(33-19-11-7-15-27(33)3)34-20-12-8-16-28(34)4/h5-24,35-36H,1-4H3. The molecule has 0 aromatic heterocycles. The third-order valence-electron chi connectivity index (χ3n) is 7.60. The average molecular weight is 467 g/mol. The minimum Gasteiger partial charge on any atom is -0.0620 e. The van der Waals surface area contributed by atoms with Crippen LogP contribution < -0.4 is 0 Å². The van der Waals surface area contributed by atoms with Crippen LogP contribution in [0.15, 0.2) is 121 Å². The van der Waals surface area contributed by atoms with Crippen molar-refractivity contribution in [1.29, 1.82) is 0 Å². The van der Waals surface area contributed by atoms with Gasteiger partial charge in [0.15, 0.2) is 0 Å². The minimum absolute atomic E-state index is 0.205. The summed E-state index contributed by atoms with van der Waals surface area (Å²) in [6.07, 6.45) is 0. The molecule has 0 amide bonds. The zero-order valence-electron chi connectivity index (χ0n) is 21.7. The lowest BCUT2D eigenvalue weighted by Crippen LogP contribution is -2.09. The van der Waals surface area contributed by atoms with Gasteiger partial charge in [0.25, 0.3) is 0 Å². The van der Waals surface area contributed by atoms with Crippen LogP contribution in [0.1, 0.15) is 67.5 Å². The van der Waals surface area contributed by atoms with E-state index in [1.807, 2.05) is 0 Å². The molecule has 0 fully saturated rings. The first-order valence-electron chi connectivity index (χ1n) is 12.9. The van der Waals surface area contributed by atoms with Crippen LogP contribution in [0.5, 0.6) is 0 Å². The van der Waals surface area contributed by atoms with Crippen LogP contribution in [0.3, 0.4) is 0 Å². The zero-order chi connectivity index (χ0) is 25.1. The average Bonchev–Trinajstić information content (AvgIpc) is 2.89. The summed E-state index contributed by atoms with van der Waals surface area (Å²) >= 11 is 0. The van der Waals surface area contributed by atoms with E-state index in [4.69, 9.17) is 0 Å². The summed E-state index contributed by atoms with van der Waals surface area (Å²) in [5, 5.41) is 0. The van der Waals surface area contributed by atoms with Gasteiger partial charge >= 0.3 is 0 Å². The van der Waals surface area contributed by atoms with Crippen LogP contribution in [0.25, 0.3) is 0 Å². The van der Waals surface area contributed by atoms with E-state index in [1.54, 1.807) is 0 Å². The molecule has 5 aromatic rings. The van der Waals surface area contributed by atoms with E-state index in [1.165, 1.54) is 55.6 Å². The number of hydrogen-bond donors (Lipinski definition) is 0. The van der Waals surface area contributed by atoms with Gasteiger partial charge in [0.2, 0.25) is 0 Å². The molecule has 0 unspecified atom stereocenters. The number of rotatable bonds is 6. The molecule has 0 nitrogen and oxygen atoms in total. The summed E-state index contributed by atoms with van der Waals surface area (Å²) in [6.45, 7) is 8.89. The molecule has 0 aliphatic heterocycles. The maximum Gasteiger partial charge on any atom is 0.0345 e. The van der Waals surface area contributed by atoms with Crippen molar-refractivity contribution in [2.45, 2.75) is 39.5 Å². The summed E-state index contributed by atoms with van der Waals surface area (Å²) in [5.74, 6) is 0.411. The third-order valence-corrected chi connectivity index (χ3v) is 7.60. The number of benzene rings is 5. The Kier molecular flexibility index (Phi) is 6.87. The molecule has 0 N–H and O–H groups in total. The fourth-order valence-electron chi connectivity index (χ4n) is 5.58. The van der Waals surface area contributed by atoms with Gasteiger partial charge in [-0.05, 0) is 83.3 Å². The molecule has 36 heavy (non-hydrogen) atoms. The first-order chi connectivity index (χ1) is 17.5. The Hall–Kier alpha value is -3.90. The number of aryl methyl sites for hydroxylation is 4. The smallest absolute Gasteiger partial charge is 0.0345 e. The predicted molar refractivity (Wildman–Crippen MR) is 153 cm³/mol. The molecular weight excluding hydrogens is 432 g/mol. The van der Waals surface area contributed by atoms with Gasteiger partial charge in [0.05, 0.1) is 0 Å². The second-order valence-electron chi connectivity index (χ2n) is 9.96. The fraction of sp³-hybridized carbons (Fsp3) is 0.167. The van der Waals surface area contributed by atoms with E-state index in [9.17, 15) is 0 Å². The van der Waals surface area contributed by atoms with Crippen LogP contribution in [-0.4, -0.2) is 0 Å². The van der Waals surface area contributed by atoms with E-state index in [2.05, 4.69) is 149 Å². The van der Waals surface area contributed by atoms with Crippen molar-refractivity contribution in [3.8, 4) is 0 Å². The molecule has 0 atom stereocenters. The Morgan fingerprint density at radius 3 is 0.750 bits per heavy atom. The fourth-order valence-corrected chi connectivity index (χ4v) is 5.58. The molecule has 0 heterocycles. The van der Waals surface area contributed by atoms with Crippen molar-refractivity contribution in [3.05, 3.63) is 177 Å². The van der Waals surface area contributed by atoms with E-state index >= 15 is 0 Å². The molecule has 0 spiro atoms. The molecule has 0 saturated heterocycles. The lowest BCUT2D eigenvalue weighted by molar-refractivity contribution is 0.926. The zero-order valence-corrected chi connectivity index (χ0v) is 21.7. The van der Waals surface area contributed by atoms with E-state index in [0.29, 0.717) is 0 Å². The molecule has 5 aromatic carbocycles. The maximum absolute atomic E-state index is 2.35. The van der Waals surface area contributed by atoms with E-state index in [0.717, 1.165) is 0 Å². The summed E-state index contributed by atoms with van der Waals surface area (Å²) < 4.78 is 0. The van der Waals surface area contributed by atoms with Gasteiger partial charge in [-0.2, -0.15) is 0 Å². The predicted octanol–water partition coefficient (Wildman–Crippen LogP) is 9.28. The Balaban J connectivity index is 1.64. The second-order valence-corrected chi connectivity index (χ2v) is 9.96. The summed E-state index contributed by atoms with van der Waals surface area (Å²) in [4.78, 5) is 0. The van der Waals surface area contributed by atoms with Crippen LogP contribution in [0, 0.1) is 27.7 Å². The van der Waals surface area contributed by atoms with Gasteiger partial charge in [0, 0.05) is 11.8 Å². The molecule has 0 aliphatic rings. The Labute approximate surface area is 216 Å². The van der Waals surface area contributed by atoms with Crippen molar-refractivity contribution in [2.75, 3.05) is 0 Å². The van der Waals surface area contributed by atoms with Crippen molar-refractivity contribution in [3.63, 3.8) is 0 Å². The minimum atomic E-state index is 0.205. The van der Waals surface area contributed by atoms with Gasteiger partial charge in [0.1, 0.15) is 0 Å². The first-order valence-corrected chi connectivity index (χ1v) is 12.9. The Bertz CT molecular complexity index is 1270. The van der Waals surface area contributed by atoms with Gasteiger partial charge in [-0.1, -0.05) is 121 Å². The first kappa shape index (κ1) is 23.8. The van der Waals surface area contributed by atoms with Gasteiger partial charge in [-0.15, -0.1) is 0 Å².